The molecule has 1 aliphatic heterocycles. The minimum absolute atomic E-state index is 0.119. The van der Waals surface area contributed by atoms with Gasteiger partial charge in [-0.25, -0.2) is 12.7 Å². The molecule has 0 bridgehead atoms. The average Bonchev–Trinajstić information content (AvgIpc) is 3.39. The Labute approximate surface area is 132 Å². The van der Waals surface area contributed by atoms with E-state index in [1.807, 2.05) is 30.3 Å². The van der Waals surface area contributed by atoms with Crippen LogP contribution in [0.2, 0.25) is 0 Å². The summed E-state index contributed by atoms with van der Waals surface area (Å²) >= 11 is 0. The minimum atomic E-state index is -3.14. The van der Waals surface area contributed by atoms with Crippen molar-refractivity contribution in [1.82, 2.24) is 4.31 Å². The van der Waals surface area contributed by atoms with E-state index >= 15 is 0 Å². The molecule has 120 valence electrons. The zero-order valence-corrected chi connectivity index (χ0v) is 13.6. The molecule has 0 radical (unpaired) electrons. The maximum absolute atomic E-state index is 12.4. The predicted octanol–water partition coefficient (Wildman–Crippen LogP) is 2.39. The molecule has 1 saturated carbocycles. The molecular weight excluding hydrogens is 298 g/mol. The van der Waals surface area contributed by atoms with Gasteiger partial charge in [0.2, 0.25) is 10.0 Å². The van der Waals surface area contributed by atoms with Crippen LogP contribution in [0, 0.1) is 5.92 Å². The Morgan fingerprint density at radius 2 is 1.86 bits per heavy atom. The van der Waals surface area contributed by atoms with Crippen molar-refractivity contribution >= 4 is 15.8 Å². The summed E-state index contributed by atoms with van der Waals surface area (Å²) in [6.07, 6.45) is 4.44. The molecule has 4 nitrogen and oxygen atoms in total. The summed E-state index contributed by atoms with van der Waals surface area (Å²) in [6, 6.07) is 9.97. The molecular formula is C17H23NO3S. The number of piperidine rings is 1. The van der Waals surface area contributed by atoms with Gasteiger partial charge in [-0.3, -0.25) is 4.79 Å². The van der Waals surface area contributed by atoms with E-state index in [1.54, 1.807) is 4.31 Å². The molecule has 1 aromatic carbocycles. The standard InChI is InChI=1S/C17H23NO3S/c19-17(11-8-14-5-2-1-3-6-14)15-7-4-12-18(13-15)22(20,21)16-9-10-16/h1-3,5-6,15-16H,4,7-13H2. The van der Waals surface area contributed by atoms with Crippen LogP contribution < -0.4 is 0 Å². The first-order valence-electron chi connectivity index (χ1n) is 8.13. The number of hydrogen-bond donors (Lipinski definition) is 0. The molecule has 1 aliphatic carbocycles. The van der Waals surface area contributed by atoms with E-state index in [-0.39, 0.29) is 17.0 Å². The van der Waals surface area contributed by atoms with E-state index in [4.69, 9.17) is 0 Å². The molecule has 0 amide bonds. The molecule has 0 aromatic heterocycles. The van der Waals surface area contributed by atoms with Crippen LogP contribution >= 0.6 is 0 Å². The topological polar surface area (TPSA) is 54.5 Å². The lowest BCUT2D eigenvalue weighted by Gasteiger charge is -2.31. The van der Waals surface area contributed by atoms with Gasteiger partial charge in [0.15, 0.2) is 0 Å². The van der Waals surface area contributed by atoms with Gasteiger partial charge in [-0.2, -0.15) is 0 Å². The van der Waals surface area contributed by atoms with Gasteiger partial charge in [0, 0.05) is 25.4 Å². The van der Waals surface area contributed by atoms with Crippen molar-refractivity contribution in [2.45, 2.75) is 43.8 Å². The molecule has 0 spiro atoms. The summed E-state index contributed by atoms with van der Waals surface area (Å²) in [4.78, 5) is 12.4. The van der Waals surface area contributed by atoms with E-state index in [9.17, 15) is 13.2 Å². The SMILES string of the molecule is O=C(CCc1ccccc1)C1CCCN(S(=O)(=O)C2CC2)C1. The summed E-state index contributed by atoms with van der Waals surface area (Å²) in [5, 5.41) is -0.175. The minimum Gasteiger partial charge on any atom is -0.299 e. The van der Waals surface area contributed by atoms with Gasteiger partial charge in [0.1, 0.15) is 5.78 Å². The van der Waals surface area contributed by atoms with Crippen LogP contribution in [0.4, 0.5) is 0 Å². The first kappa shape index (κ1) is 15.7. The van der Waals surface area contributed by atoms with Crippen LogP contribution in [0.5, 0.6) is 0 Å². The smallest absolute Gasteiger partial charge is 0.217 e. The Balaban J connectivity index is 1.56. The number of ketones is 1. The van der Waals surface area contributed by atoms with Crippen molar-refractivity contribution < 1.29 is 13.2 Å². The number of benzene rings is 1. The first-order valence-corrected chi connectivity index (χ1v) is 9.63. The summed E-state index contributed by atoms with van der Waals surface area (Å²) in [5.41, 5.74) is 1.16. The van der Waals surface area contributed by atoms with Crippen LogP contribution in [0.1, 0.15) is 37.7 Å². The Bertz CT molecular complexity index is 623. The highest BCUT2D eigenvalue weighted by Crippen LogP contribution is 2.33. The Kier molecular flexibility index (Phi) is 4.64. The fraction of sp³-hybridized carbons (Fsp3) is 0.588. The highest BCUT2D eigenvalue weighted by molar-refractivity contribution is 7.90. The second-order valence-electron chi connectivity index (χ2n) is 6.39. The predicted molar refractivity (Wildman–Crippen MR) is 86.0 cm³/mol. The van der Waals surface area contributed by atoms with E-state index < -0.39 is 10.0 Å². The van der Waals surface area contributed by atoms with Gasteiger partial charge in [-0.1, -0.05) is 30.3 Å². The lowest BCUT2D eigenvalue weighted by Crippen LogP contribution is -2.43. The molecule has 1 atom stereocenters. The van der Waals surface area contributed by atoms with Crippen molar-refractivity contribution in [2.75, 3.05) is 13.1 Å². The summed E-state index contributed by atoms with van der Waals surface area (Å²) in [5.74, 6) is 0.0885. The zero-order valence-electron chi connectivity index (χ0n) is 12.8. The van der Waals surface area contributed by atoms with E-state index in [0.717, 1.165) is 37.7 Å². The number of nitrogens with zero attached hydrogens (tertiary/aromatic N) is 1. The highest BCUT2D eigenvalue weighted by Gasteiger charge is 2.42. The number of Topliss-reactive ketones (excluding diaryl/α,β-unsaturated/α-hetero) is 1. The normalized spacial score (nSPS) is 23.4. The summed E-state index contributed by atoms with van der Waals surface area (Å²) < 4.78 is 26.2. The summed E-state index contributed by atoms with van der Waals surface area (Å²) in [6.45, 7) is 0.980. The third-order valence-corrected chi connectivity index (χ3v) is 7.01. The number of carbonyl (C=O) groups excluding carboxylic acids is 1. The number of rotatable bonds is 6. The average molecular weight is 321 g/mol. The van der Waals surface area contributed by atoms with Gasteiger partial charge in [0.05, 0.1) is 5.25 Å². The second kappa shape index (κ2) is 6.50. The van der Waals surface area contributed by atoms with Crippen LogP contribution in [-0.4, -0.2) is 36.8 Å². The largest absolute Gasteiger partial charge is 0.299 e. The fourth-order valence-electron chi connectivity index (χ4n) is 3.13. The molecule has 5 heteroatoms. The molecule has 1 unspecified atom stereocenters. The van der Waals surface area contributed by atoms with Crippen molar-refractivity contribution in [3.05, 3.63) is 35.9 Å². The maximum Gasteiger partial charge on any atom is 0.217 e. The van der Waals surface area contributed by atoms with E-state index in [1.165, 1.54) is 0 Å². The zero-order chi connectivity index (χ0) is 15.6. The third-order valence-electron chi connectivity index (χ3n) is 4.65. The Morgan fingerprint density at radius 1 is 1.14 bits per heavy atom. The molecule has 22 heavy (non-hydrogen) atoms. The number of hydrogen-bond acceptors (Lipinski definition) is 3. The number of carbonyl (C=O) groups is 1. The monoisotopic (exact) mass is 321 g/mol. The third kappa shape index (κ3) is 3.58. The molecule has 1 aromatic rings. The van der Waals surface area contributed by atoms with E-state index in [0.29, 0.717) is 19.5 Å². The van der Waals surface area contributed by atoms with Crippen LogP contribution in [0.3, 0.4) is 0 Å². The highest BCUT2D eigenvalue weighted by atomic mass is 32.2. The quantitative estimate of drug-likeness (QED) is 0.808. The molecule has 3 rings (SSSR count). The maximum atomic E-state index is 12.4. The lowest BCUT2D eigenvalue weighted by atomic mass is 9.91. The van der Waals surface area contributed by atoms with Gasteiger partial charge < -0.3 is 0 Å². The van der Waals surface area contributed by atoms with Crippen LogP contribution in [0.25, 0.3) is 0 Å². The molecule has 1 heterocycles. The van der Waals surface area contributed by atoms with Crippen molar-refractivity contribution in [2.24, 2.45) is 5.92 Å². The summed E-state index contributed by atoms with van der Waals surface area (Å²) in [7, 11) is -3.14. The van der Waals surface area contributed by atoms with Gasteiger partial charge >= 0.3 is 0 Å². The van der Waals surface area contributed by atoms with Crippen molar-refractivity contribution in [1.29, 1.82) is 0 Å². The fourth-order valence-corrected chi connectivity index (χ4v) is 5.05. The second-order valence-corrected chi connectivity index (χ2v) is 8.61. The number of aryl methyl sites for hydroxylation is 1. The Hall–Kier alpha value is -1.20. The van der Waals surface area contributed by atoms with E-state index in [2.05, 4.69) is 0 Å². The van der Waals surface area contributed by atoms with Crippen LogP contribution in [0.15, 0.2) is 30.3 Å². The number of sulfonamides is 1. The van der Waals surface area contributed by atoms with Crippen molar-refractivity contribution in [3.63, 3.8) is 0 Å². The van der Waals surface area contributed by atoms with Crippen molar-refractivity contribution in [3.8, 4) is 0 Å². The van der Waals surface area contributed by atoms with Gasteiger partial charge in [-0.05, 0) is 37.7 Å². The molecule has 2 aliphatic rings. The van der Waals surface area contributed by atoms with Gasteiger partial charge in [0.25, 0.3) is 0 Å². The molecule has 2 fully saturated rings. The van der Waals surface area contributed by atoms with Crippen LogP contribution in [-0.2, 0) is 21.2 Å². The molecule has 0 N–H and O–H groups in total. The Morgan fingerprint density at radius 3 is 2.55 bits per heavy atom. The first-order chi connectivity index (χ1) is 10.6. The molecule has 1 saturated heterocycles. The van der Waals surface area contributed by atoms with Gasteiger partial charge in [-0.15, -0.1) is 0 Å². The lowest BCUT2D eigenvalue weighted by molar-refractivity contribution is -0.123.